The summed E-state index contributed by atoms with van der Waals surface area (Å²) in [5.74, 6) is -4.51. The Balaban J connectivity index is 2.41. The van der Waals surface area contributed by atoms with Crippen molar-refractivity contribution >= 4 is 35.6 Å². The normalized spacial score (nSPS) is 15.3. The molecule has 0 aliphatic carbocycles. The molecule has 1 aliphatic heterocycles. The molecule has 4 amide bonds. The highest BCUT2D eigenvalue weighted by Gasteiger charge is 2.37. The molecule has 0 spiro atoms. The van der Waals surface area contributed by atoms with Gasteiger partial charge in [0.2, 0.25) is 23.6 Å². The lowest BCUT2D eigenvalue weighted by atomic mass is 10.1. The van der Waals surface area contributed by atoms with Gasteiger partial charge in [0, 0.05) is 19.4 Å². The Morgan fingerprint density at radius 2 is 1.35 bits per heavy atom. The van der Waals surface area contributed by atoms with Crippen LogP contribution < -0.4 is 16.0 Å². The second-order valence-electron chi connectivity index (χ2n) is 10.4. The number of nitrogens with zero attached hydrogens (tertiary/aromatic N) is 1. The number of likely N-dealkylation sites (tertiary alicyclic amines) is 1. The van der Waals surface area contributed by atoms with E-state index >= 15 is 0 Å². The average molecular weight is 569 g/mol. The van der Waals surface area contributed by atoms with Gasteiger partial charge in [0.25, 0.3) is 0 Å². The summed E-state index contributed by atoms with van der Waals surface area (Å²) in [4.78, 5) is 73.3. The van der Waals surface area contributed by atoms with E-state index in [0.717, 1.165) is 25.7 Å². The van der Waals surface area contributed by atoms with Gasteiger partial charge in [-0.1, -0.05) is 71.1 Å². The van der Waals surface area contributed by atoms with Gasteiger partial charge >= 0.3 is 11.9 Å². The van der Waals surface area contributed by atoms with E-state index in [1.54, 1.807) is 0 Å². The molecule has 0 radical (unpaired) electrons. The number of hydrogen-bond donors (Lipinski definition) is 5. The van der Waals surface area contributed by atoms with Gasteiger partial charge in [-0.2, -0.15) is 0 Å². The van der Waals surface area contributed by atoms with Gasteiger partial charge in [-0.3, -0.25) is 28.8 Å². The number of aliphatic carboxylic acids is 2. The van der Waals surface area contributed by atoms with E-state index in [-0.39, 0.29) is 31.8 Å². The second-order valence-corrected chi connectivity index (χ2v) is 10.4. The lowest BCUT2D eigenvalue weighted by Gasteiger charge is -2.28. The molecule has 228 valence electrons. The van der Waals surface area contributed by atoms with Crippen LogP contribution in [0.1, 0.15) is 110 Å². The zero-order chi connectivity index (χ0) is 29.8. The predicted octanol–water partition coefficient (Wildman–Crippen LogP) is 2.35. The van der Waals surface area contributed by atoms with Gasteiger partial charge in [0.1, 0.15) is 18.6 Å². The number of amides is 4. The molecule has 0 saturated carbocycles. The zero-order valence-electron chi connectivity index (χ0n) is 23.9. The highest BCUT2D eigenvalue weighted by molar-refractivity contribution is 5.94. The molecule has 1 aliphatic rings. The monoisotopic (exact) mass is 568 g/mol. The van der Waals surface area contributed by atoms with Crippen LogP contribution in [0.3, 0.4) is 0 Å². The SMILES string of the molecule is CCCCCCCCCCCCCC(=O)NCC(=O)N[C@@H](CCC(=O)O)C(=O)N1CCC[C@H]1C(=O)NCC(=O)O. The third-order valence-corrected chi connectivity index (χ3v) is 6.99. The summed E-state index contributed by atoms with van der Waals surface area (Å²) in [6.07, 6.45) is 13.4. The van der Waals surface area contributed by atoms with Crippen LogP contribution in [-0.4, -0.2) is 82.4 Å². The Labute approximate surface area is 237 Å². The van der Waals surface area contributed by atoms with Gasteiger partial charge in [-0.25, -0.2) is 0 Å². The van der Waals surface area contributed by atoms with Crippen LogP contribution in [0, 0.1) is 0 Å². The summed E-state index contributed by atoms with van der Waals surface area (Å²) in [5.41, 5.74) is 0. The molecular formula is C28H48N4O8. The summed E-state index contributed by atoms with van der Waals surface area (Å²) in [6.45, 7) is 1.49. The Morgan fingerprint density at radius 1 is 0.750 bits per heavy atom. The van der Waals surface area contributed by atoms with Crippen LogP contribution in [-0.2, 0) is 28.8 Å². The fourth-order valence-corrected chi connectivity index (χ4v) is 4.77. The van der Waals surface area contributed by atoms with Gasteiger partial charge < -0.3 is 31.1 Å². The minimum atomic E-state index is -1.22. The standard InChI is InChI=1S/C28H48N4O8/c1-2-3-4-5-6-7-8-9-10-11-12-15-23(33)29-19-24(34)31-21(16-17-25(35)36)28(40)32-18-13-14-22(32)27(39)30-20-26(37)38/h21-22H,2-20H2,1H3,(H,29,33)(H,30,39)(H,31,34)(H,35,36)(H,37,38)/t21-,22-/m0/s1. The number of carbonyl (C=O) groups excluding carboxylic acids is 4. The Kier molecular flexibility index (Phi) is 18.0. The minimum absolute atomic E-state index is 0.188. The van der Waals surface area contributed by atoms with Crippen molar-refractivity contribution < 1.29 is 39.0 Å². The lowest BCUT2D eigenvalue weighted by molar-refractivity contribution is -0.143. The number of rotatable bonds is 22. The highest BCUT2D eigenvalue weighted by Crippen LogP contribution is 2.20. The number of carboxylic acid groups (broad SMARTS) is 2. The van der Waals surface area contributed by atoms with Crippen LogP contribution >= 0.6 is 0 Å². The van der Waals surface area contributed by atoms with E-state index in [0.29, 0.717) is 19.3 Å². The maximum atomic E-state index is 13.1. The third-order valence-electron chi connectivity index (χ3n) is 6.99. The highest BCUT2D eigenvalue weighted by atomic mass is 16.4. The van der Waals surface area contributed by atoms with E-state index in [4.69, 9.17) is 10.2 Å². The first-order valence-electron chi connectivity index (χ1n) is 14.7. The maximum Gasteiger partial charge on any atom is 0.322 e. The van der Waals surface area contributed by atoms with Crippen molar-refractivity contribution in [2.75, 3.05) is 19.6 Å². The van der Waals surface area contributed by atoms with Crippen molar-refractivity contribution in [2.24, 2.45) is 0 Å². The van der Waals surface area contributed by atoms with Crippen LogP contribution in [0.25, 0.3) is 0 Å². The largest absolute Gasteiger partial charge is 0.481 e. The van der Waals surface area contributed by atoms with Gasteiger partial charge in [0.05, 0.1) is 6.54 Å². The maximum absolute atomic E-state index is 13.1. The summed E-state index contributed by atoms with van der Waals surface area (Å²) < 4.78 is 0. The molecule has 0 aromatic carbocycles. The lowest BCUT2D eigenvalue weighted by Crippen LogP contribution is -2.55. The first kappa shape index (κ1) is 34.8. The molecule has 1 heterocycles. The van der Waals surface area contributed by atoms with E-state index in [1.807, 2.05) is 0 Å². The summed E-state index contributed by atoms with van der Waals surface area (Å²) in [6, 6.07) is -2.10. The van der Waals surface area contributed by atoms with Crippen LogP contribution in [0.4, 0.5) is 0 Å². The quantitative estimate of drug-likeness (QED) is 0.123. The molecule has 1 rings (SSSR count). The molecule has 12 heteroatoms. The smallest absolute Gasteiger partial charge is 0.322 e. The molecule has 0 bridgehead atoms. The van der Waals surface area contributed by atoms with E-state index < -0.39 is 48.3 Å². The number of unbranched alkanes of at least 4 members (excludes halogenated alkanes) is 10. The van der Waals surface area contributed by atoms with Crippen molar-refractivity contribution in [3.63, 3.8) is 0 Å². The first-order chi connectivity index (χ1) is 19.1. The fourth-order valence-electron chi connectivity index (χ4n) is 4.77. The van der Waals surface area contributed by atoms with Crippen LogP contribution in [0.2, 0.25) is 0 Å². The number of carboxylic acids is 2. The van der Waals surface area contributed by atoms with E-state index in [1.165, 1.54) is 49.8 Å². The average Bonchev–Trinajstić information content (AvgIpc) is 3.41. The summed E-state index contributed by atoms with van der Waals surface area (Å²) in [5, 5.41) is 25.1. The molecule has 12 nitrogen and oxygen atoms in total. The molecular weight excluding hydrogens is 520 g/mol. The summed E-state index contributed by atoms with van der Waals surface area (Å²) >= 11 is 0. The van der Waals surface area contributed by atoms with Crippen molar-refractivity contribution in [1.29, 1.82) is 0 Å². The van der Waals surface area contributed by atoms with Crippen molar-refractivity contribution in [2.45, 2.75) is 122 Å². The van der Waals surface area contributed by atoms with Gasteiger partial charge in [0.15, 0.2) is 0 Å². The number of hydrogen-bond acceptors (Lipinski definition) is 6. The molecule has 1 fully saturated rings. The van der Waals surface area contributed by atoms with Crippen LogP contribution in [0.15, 0.2) is 0 Å². The zero-order valence-corrected chi connectivity index (χ0v) is 23.9. The van der Waals surface area contributed by atoms with Crippen LogP contribution in [0.5, 0.6) is 0 Å². The second kappa shape index (κ2) is 20.7. The van der Waals surface area contributed by atoms with Gasteiger partial charge in [-0.05, 0) is 25.7 Å². The van der Waals surface area contributed by atoms with Crippen molar-refractivity contribution in [1.82, 2.24) is 20.9 Å². The Hall–Kier alpha value is -3.18. The van der Waals surface area contributed by atoms with E-state index in [9.17, 15) is 28.8 Å². The first-order valence-corrected chi connectivity index (χ1v) is 14.7. The van der Waals surface area contributed by atoms with Crippen molar-refractivity contribution in [3.05, 3.63) is 0 Å². The molecule has 2 atom stereocenters. The minimum Gasteiger partial charge on any atom is -0.481 e. The topological polar surface area (TPSA) is 182 Å². The Morgan fingerprint density at radius 3 is 1.93 bits per heavy atom. The molecule has 0 unspecified atom stereocenters. The number of carbonyl (C=O) groups is 6. The molecule has 5 N–H and O–H groups in total. The molecule has 0 aromatic heterocycles. The molecule has 0 aromatic rings. The summed E-state index contributed by atoms with van der Waals surface area (Å²) in [7, 11) is 0. The van der Waals surface area contributed by atoms with Gasteiger partial charge in [-0.15, -0.1) is 0 Å². The third kappa shape index (κ3) is 15.4. The Bertz CT molecular complexity index is 835. The molecule has 40 heavy (non-hydrogen) atoms. The molecule has 1 saturated heterocycles. The van der Waals surface area contributed by atoms with Crippen molar-refractivity contribution in [3.8, 4) is 0 Å². The van der Waals surface area contributed by atoms with E-state index in [2.05, 4.69) is 22.9 Å². The predicted molar refractivity (Wildman–Crippen MR) is 148 cm³/mol. The fraction of sp³-hybridized carbons (Fsp3) is 0.786. The number of nitrogens with one attached hydrogen (secondary N) is 3.